The van der Waals surface area contributed by atoms with Crippen LogP contribution in [0.3, 0.4) is 0 Å². The maximum atomic E-state index is 12.5. The Morgan fingerprint density at radius 3 is 2.25 bits per heavy atom. The van der Waals surface area contributed by atoms with Crippen LogP contribution in [0.2, 0.25) is 0 Å². The van der Waals surface area contributed by atoms with Gasteiger partial charge < -0.3 is 15.5 Å². The van der Waals surface area contributed by atoms with Gasteiger partial charge in [0.05, 0.1) is 17.4 Å². The highest BCUT2D eigenvalue weighted by atomic mass is 32.2. The van der Waals surface area contributed by atoms with E-state index in [1.54, 1.807) is 43.0 Å². The van der Waals surface area contributed by atoms with Crippen molar-refractivity contribution >= 4 is 38.9 Å². The third kappa shape index (κ3) is 4.70. The molecule has 0 spiro atoms. The van der Waals surface area contributed by atoms with Crippen molar-refractivity contribution < 1.29 is 22.8 Å². The average Bonchev–Trinajstić information content (AvgIpc) is 3.18. The summed E-state index contributed by atoms with van der Waals surface area (Å²) in [6, 6.07) is 6.45. The second-order valence-electron chi connectivity index (χ2n) is 7.71. The summed E-state index contributed by atoms with van der Waals surface area (Å²) in [6.45, 7) is 3.85. The molecule has 0 saturated carbocycles. The minimum atomic E-state index is -3.09. The molecule has 2 saturated heterocycles. The molecule has 9 heteroatoms. The lowest BCUT2D eigenvalue weighted by Crippen LogP contribution is -2.38. The first-order valence-electron chi connectivity index (χ1n) is 9.36. The topological polar surface area (TPSA) is 113 Å². The van der Waals surface area contributed by atoms with Gasteiger partial charge in [-0.05, 0) is 30.7 Å². The van der Waals surface area contributed by atoms with E-state index in [9.17, 15) is 22.8 Å². The van der Waals surface area contributed by atoms with Crippen LogP contribution in [0.5, 0.6) is 0 Å². The zero-order chi connectivity index (χ0) is 20.5. The van der Waals surface area contributed by atoms with Crippen LogP contribution in [-0.4, -0.2) is 55.1 Å². The predicted octanol–water partition coefficient (Wildman–Crippen LogP) is 1.26. The highest BCUT2D eigenvalue weighted by Gasteiger charge is 2.41. The molecule has 3 amide bonds. The fraction of sp³-hybridized carbons (Fsp3) is 0.526. The molecule has 28 heavy (non-hydrogen) atoms. The second-order valence-corrected chi connectivity index (χ2v) is 9.94. The molecule has 2 atom stereocenters. The molecule has 2 fully saturated rings. The van der Waals surface area contributed by atoms with Gasteiger partial charge >= 0.3 is 0 Å². The van der Waals surface area contributed by atoms with E-state index in [0.29, 0.717) is 17.8 Å². The number of amides is 3. The lowest BCUT2D eigenvalue weighted by atomic mass is 10.1. The average molecular weight is 407 g/mol. The Kier molecular flexibility index (Phi) is 5.74. The first-order chi connectivity index (χ1) is 13.1. The summed E-state index contributed by atoms with van der Waals surface area (Å²) in [5, 5.41) is 5.56. The van der Waals surface area contributed by atoms with Crippen molar-refractivity contribution in [3.05, 3.63) is 24.3 Å². The molecule has 0 radical (unpaired) electrons. The van der Waals surface area contributed by atoms with Gasteiger partial charge in [0.1, 0.15) is 0 Å². The number of hydrogen-bond donors (Lipinski definition) is 2. The Morgan fingerprint density at radius 1 is 1.11 bits per heavy atom. The van der Waals surface area contributed by atoms with E-state index in [4.69, 9.17) is 0 Å². The molecule has 3 rings (SSSR count). The molecule has 0 aromatic heterocycles. The highest BCUT2D eigenvalue weighted by Crippen LogP contribution is 2.27. The minimum absolute atomic E-state index is 0.0172. The largest absolute Gasteiger partial charge is 0.338 e. The summed E-state index contributed by atoms with van der Waals surface area (Å²) in [7, 11) is -3.09. The summed E-state index contributed by atoms with van der Waals surface area (Å²) >= 11 is 0. The standard InChI is InChI=1S/C19H25N3O5S/c1-12(2)18(24)20-14-3-5-15(6-4-14)21-19(25)13-9-17(23)22(10-13)16-7-8-28(26,27)11-16/h3-6,12-13,16H,7-11H2,1-2H3,(H,20,24)(H,21,25)/t13-,16-/m1/s1. The van der Waals surface area contributed by atoms with E-state index in [1.807, 2.05) is 0 Å². The lowest BCUT2D eigenvalue weighted by molar-refractivity contribution is -0.129. The Balaban J connectivity index is 1.56. The third-order valence-electron chi connectivity index (χ3n) is 5.12. The van der Waals surface area contributed by atoms with Crippen molar-refractivity contribution in [1.29, 1.82) is 0 Å². The summed E-state index contributed by atoms with van der Waals surface area (Å²) < 4.78 is 23.3. The van der Waals surface area contributed by atoms with Crippen molar-refractivity contribution in [3.8, 4) is 0 Å². The molecule has 2 aliphatic heterocycles. The van der Waals surface area contributed by atoms with Gasteiger partial charge in [0, 0.05) is 36.3 Å². The Morgan fingerprint density at radius 2 is 1.71 bits per heavy atom. The quantitative estimate of drug-likeness (QED) is 0.763. The van der Waals surface area contributed by atoms with Crippen LogP contribution < -0.4 is 10.6 Å². The number of nitrogens with one attached hydrogen (secondary N) is 2. The summed E-state index contributed by atoms with van der Waals surface area (Å²) in [5.41, 5.74) is 1.21. The zero-order valence-corrected chi connectivity index (χ0v) is 16.8. The van der Waals surface area contributed by atoms with E-state index >= 15 is 0 Å². The van der Waals surface area contributed by atoms with Gasteiger partial charge in [-0.1, -0.05) is 13.8 Å². The maximum Gasteiger partial charge on any atom is 0.229 e. The number of nitrogens with zero attached hydrogens (tertiary/aromatic N) is 1. The van der Waals surface area contributed by atoms with Crippen LogP contribution in [0.25, 0.3) is 0 Å². The number of hydrogen-bond acceptors (Lipinski definition) is 5. The fourth-order valence-corrected chi connectivity index (χ4v) is 5.18. The molecule has 1 aromatic rings. The van der Waals surface area contributed by atoms with Crippen molar-refractivity contribution in [2.24, 2.45) is 11.8 Å². The Bertz CT molecular complexity index is 879. The van der Waals surface area contributed by atoms with Crippen LogP contribution in [0.4, 0.5) is 11.4 Å². The maximum absolute atomic E-state index is 12.5. The van der Waals surface area contributed by atoms with Gasteiger partial charge in [0.25, 0.3) is 0 Å². The number of carbonyl (C=O) groups is 3. The van der Waals surface area contributed by atoms with Crippen molar-refractivity contribution in [1.82, 2.24) is 4.90 Å². The first kappa shape index (κ1) is 20.3. The number of carbonyl (C=O) groups excluding carboxylic acids is 3. The second kappa shape index (κ2) is 7.90. The molecular formula is C19H25N3O5S. The molecule has 0 aliphatic carbocycles. The number of likely N-dealkylation sites (tertiary alicyclic amines) is 1. The van der Waals surface area contributed by atoms with E-state index in [0.717, 1.165) is 0 Å². The van der Waals surface area contributed by atoms with Gasteiger partial charge in [0.15, 0.2) is 9.84 Å². The van der Waals surface area contributed by atoms with Crippen molar-refractivity contribution in [3.63, 3.8) is 0 Å². The Labute approximate surface area is 164 Å². The molecule has 1 aromatic carbocycles. The molecule has 152 valence electrons. The molecule has 2 heterocycles. The molecular weight excluding hydrogens is 382 g/mol. The van der Waals surface area contributed by atoms with Gasteiger partial charge in [-0.2, -0.15) is 0 Å². The minimum Gasteiger partial charge on any atom is -0.338 e. The summed E-state index contributed by atoms with van der Waals surface area (Å²) in [6.07, 6.45) is 0.525. The van der Waals surface area contributed by atoms with Gasteiger partial charge in [-0.3, -0.25) is 14.4 Å². The smallest absolute Gasteiger partial charge is 0.229 e. The molecule has 0 unspecified atom stereocenters. The van der Waals surface area contributed by atoms with Crippen LogP contribution in [0.1, 0.15) is 26.7 Å². The third-order valence-corrected chi connectivity index (χ3v) is 6.87. The Hall–Kier alpha value is -2.42. The van der Waals surface area contributed by atoms with Gasteiger partial charge in [-0.25, -0.2) is 8.42 Å². The zero-order valence-electron chi connectivity index (χ0n) is 16.0. The van der Waals surface area contributed by atoms with Crippen molar-refractivity contribution in [2.75, 3.05) is 28.7 Å². The number of benzene rings is 1. The van der Waals surface area contributed by atoms with Crippen LogP contribution in [0.15, 0.2) is 24.3 Å². The molecule has 8 nitrogen and oxygen atoms in total. The van der Waals surface area contributed by atoms with E-state index < -0.39 is 15.8 Å². The van der Waals surface area contributed by atoms with Crippen LogP contribution in [-0.2, 0) is 24.2 Å². The molecule has 2 N–H and O–H groups in total. The summed E-state index contributed by atoms with van der Waals surface area (Å²) in [5.74, 6) is -1.08. The number of rotatable bonds is 5. The van der Waals surface area contributed by atoms with Crippen LogP contribution in [0, 0.1) is 11.8 Å². The monoisotopic (exact) mass is 407 g/mol. The lowest BCUT2D eigenvalue weighted by Gasteiger charge is -2.22. The molecule has 2 aliphatic rings. The van der Waals surface area contributed by atoms with Crippen LogP contribution >= 0.6 is 0 Å². The van der Waals surface area contributed by atoms with E-state index in [-0.39, 0.29) is 54.2 Å². The van der Waals surface area contributed by atoms with E-state index in [2.05, 4.69) is 10.6 Å². The van der Waals surface area contributed by atoms with Gasteiger partial charge in [-0.15, -0.1) is 0 Å². The van der Waals surface area contributed by atoms with E-state index in [1.165, 1.54) is 0 Å². The normalized spacial score (nSPS) is 23.8. The van der Waals surface area contributed by atoms with Crippen molar-refractivity contribution in [2.45, 2.75) is 32.7 Å². The fourth-order valence-electron chi connectivity index (χ4n) is 3.45. The van der Waals surface area contributed by atoms with Gasteiger partial charge in [0.2, 0.25) is 17.7 Å². The number of sulfone groups is 1. The number of anilines is 2. The SMILES string of the molecule is CC(C)C(=O)Nc1ccc(NC(=O)[C@@H]2CC(=O)N([C@@H]3CCS(=O)(=O)C3)C2)cc1. The highest BCUT2D eigenvalue weighted by molar-refractivity contribution is 7.91. The predicted molar refractivity (Wildman–Crippen MR) is 105 cm³/mol. The molecule has 0 bridgehead atoms. The summed E-state index contributed by atoms with van der Waals surface area (Å²) in [4.78, 5) is 38.0. The first-order valence-corrected chi connectivity index (χ1v) is 11.2.